The highest BCUT2D eigenvalue weighted by atomic mass is 16.5. The molecule has 0 saturated carbocycles. The van der Waals surface area contributed by atoms with Crippen LogP contribution in [0.4, 0.5) is 0 Å². The molecule has 3 nitrogen and oxygen atoms in total. The van der Waals surface area contributed by atoms with Crippen LogP contribution >= 0.6 is 0 Å². The van der Waals surface area contributed by atoms with E-state index in [1.807, 2.05) is 0 Å². The zero-order chi connectivity index (χ0) is 8.39. The number of aliphatic hydroxyl groups is 1. The number of rotatable bonds is 1. The fraction of sp³-hybridized carbons (Fsp3) is 1.00. The second-order valence-electron chi connectivity index (χ2n) is 3.80. The number of aliphatic hydroxyl groups excluding tert-OH is 1. The van der Waals surface area contributed by atoms with E-state index >= 15 is 0 Å². The minimum Gasteiger partial charge on any atom is -0.393 e. The van der Waals surface area contributed by atoms with Crippen molar-refractivity contribution in [1.82, 2.24) is 5.32 Å². The Labute approximate surface area is 73.1 Å². The minimum atomic E-state index is -0.144. The van der Waals surface area contributed by atoms with Gasteiger partial charge in [0.05, 0.1) is 12.7 Å². The molecule has 0 unspecified atom stereocenters. The maximum Gasteiger partial charge on any atom is 0.0627 e. The van der Waals surface area contributed by atoms with Crippen molar-refractivity contribution in [2.45, 2.75) is 31.4 Å². The van der Waals surface area contributed by atoms with Crippen molar-refractivity contribution in [2.24, 2.45) is 5.92 Å². The maximum absolute atomic E-state index is 9.71. The molecule has 70 valence electrons. The van der Waals surface area contributed by atoms with E-state index in [9.17, 15) is 5.11 Å². The highest BCUT2D eigenvalue weighted by Gasteiger charge is 2.32. The summed E-state index contributed by atoms with van der Waals surface area (Å²) in [4.78, 5) is 0. The second kappa shape index (κ2) is 3.73. The molecule has 2 saturated heterocycles. The Kier molecular flexibility index (Phi) is 2.63. The summed E-state index contributed by atoms with van der Waals surface area (Å²) in [6.07, 6.45) is 3.11. The highest BCUT2D eigenvalue weighted by molar-refractivity contribution is 4.87. The highest BCUT2D eigenvalue weighted by Crippen LogP contribution is 2.23. The van der Waals surface area contributed by atoms with Crippen LogP contribution in [0.3, 0.4) is 0 Å². The van der Waals surface area contributed by atoms with Gasteiger partial charge in [-0.3, -0.25) is 0 Å². The molecule has 2 heterocycles. The lowest BCUT2D eigenvalue weighted by Crippen LogP contribution is -2.44. The molecule has 0 aromatic rings. The van der Waals surface area contributed by atoms with Gasteiger partial charge < -0.3 is 15.2 Å². The summed E-state index contributed by atoms with van der Waals surface area (Å²) in [6, 6.07) is 0.500. The molecule has 2 aliphatic heterocycles. The molecule has 0 radical (unpaired) electrons. The van der Waals surface area contributed by atoms with Crippen LogP contribution in [0.15, 0.2) is 0 Å². The third-order valence-electron chi connectivity index (χ3n) is 2.98. The summed E-state index contributed by atoms with van der Waals surface area (Å²) in [7, 11) is 0. The average Bonchev–Trinajstić information content (AvgIpc) is 2.57. The van der Waals surface area contributed by atoms with E-state index in [4.69, 9.17) is 4.74 Å². The summed E-state index contributed by atoms with van der Waals surface area (Å²) >= 11 is 0. The first-order chi connectivity index (χ1) is 5.88. The lowest BCUT2D eigenvalue weighted by molar-refractivity contribution is -0.0466. The van der Waals surface area contributed by atoms with Crippen LogP contribution in [-0.2, 0) is 4.74 Å². The van der Waals surface area contributed by atoms with Crippen LogP contribution in [0, 0.1) is 5.92 Å². The molecule has 0 aromatic heterocycles. The monoisotopic (exact) mass is 171 g/mol. The standard InChI is InChI=1S/C9H17NO2/c11-9-3-5-12-6-7(9)8-2-1-4-10-8/h7-11H,1-6H2/t7-,8-,9-/m0/s1. The van der Waals surface area contributed by atoms with Crippen molar-refractivity contribution in [3.05, 3.63) is 0 Å². The molecule has 2 rings (SSSR count). The Balaban J connectivity index is 1.91. The van der Waals surface area contributed by atoms with Gasteiger partial charge >= 0.3 is 0 Å². The van der Waals surface area contributed by atoms with Crippen LogP contribution in [0.25, 0.3) is 0 Å². The lowest BCUT2D eigenvalue weighted by atomic mass is 9.90. The van der Waals surface area contributed by atoms with Gasteiger partial charge in [0.25, 0.3) is 0 Å². The number of nitrogens with one attached hydrogen (secondary N) is 1. The van der Waals surface area contributed by atoms with Crippen molar-refractivity contribution < 1.29 is 9.84 Å². The van der Waals surface area contributed by atoms with E-state index in [1.165, 1.54) is 12.8 Å². The Morgan fingerprint density at radius 2 is 2.25 bits per heavy atom. The largest absolute Gasteiger partial charge is 0.393 e. The summed E-state index contributed by atoms with van der Waals surface area (Å²) < 4.78 is 5.36. The smallest absolute Gasteiger partial charge is 0.0627 e. The Morgan fingerprint density at radius 1 is 1.33 bits per heavy atom. The van der Waals surface area contributed by atoms with E-state index in [0.717, 1.165) is 26.2 Å². The Hall–Kier alpha value is -0.120. The minimum absolute atomic E-state index is 0.144. The lowest BCUT2D eigenvalue weighted by Gasteiger charge is -2.32. The molecule has 12 heavy (non-hydrogen) atoms. The van der Waals surface area contributed by atoms with E-state index < -0.39 is 0 Å². The van der Waals surface area contributed by atoms with Gasteiger partial charge in [-0.15, -0.1) is 0 Å². The SMILES string of the molecule is O[C@H]1CCOC[C@H]1[C@@H]1CCCN1. The fourth-order valence-corrected chi connectivity index (χ4v) is 2.21. The normalized spacial score (nSPS) is 43.2. The Bertz CT molecular complexity index is 145. The summed E-state index contributed by atoms with van der Waals surface area (Å²) in [5.74, 6) is 0.334. The van der Waals surface area contributed by atoms with Gasteiger partial charge in [-0.25, -0.2) is 0 Å². The maximum atomic E-state index is 9.71. The molecule has 0 aromatic carbocycles. The average molecular weight is 171 g/mol. The zero-order valence-corrected chi connectivity index (χ0v) is 7.33. The first-order valence-electron chi connectivity index (χ1n) is 4.87. The van der Waals surface area contributed by atoms with Crippen LogP contribution in [0.5, 0.6) is 0 Å². The first kappa shape index (κ1) is 8.48. The van der Waals surface area contributed by atoms with E-state index in [2.05, 4.69) is 5.32 Å². The van der Waals surface area contributed by atoms with Crippen molar-refractivity contribution in [1.29, 1.82) is 0 Å². The van der Waals surface area contributed by atoms with Gasteiger partial charge in [0.1, 0.15) is 0 Å². The van der Waals surface area contributed by atoms with Crippen LogP contribution in [-0.4, -0.2) is 37.0 Å². The molecule has 2 fully saturated rings. The fourth-order valence-electron chi connectivity index (χ4n) is 2.21. The quantitative estimate of drug-likeness (QED) is 0.589. The van der Waals surface area contributed by atoms with E-state index in [1.54, 1.807) is 0 Å². The molecular formula is C9H17NO2. The van der Waals surface area contributed by atoms with Crippen LogP contribution < -0.4 is 5.32 Å². The van der Waals surface area contributed by atoms with E-state index in [-0.39, 0.29) is 6.10 Å². The molecule has 3 atom stereocenters. The molecule has 0 spiro atoms. The summed E-state index contributed by atoms with van der Waals surface area (Å²) in [5.41, 5.74) is 0. The predicted molar refractivity (Wildman–Crippen MR) is 46.0 cm³/mol. The predicted octanol–water partition coefficient (Wildman–Crippen LogP) is 0.136. The summed E-state index contributed by atoms with van der Waals surface area (Å²) in [5, 5.41) is 13.1. The van der Waals surface area contributed by atoms with Gasteiger partial charge in [0.2, 0.25) is 0 Å². The van der Waals surface area contributed by atoms with Crippen molar-refractivity contribution >= 4 is 0 Å². The summed E-state index contributed by atoms with van der Waals surface area (Å²) in [6.45, 7) is 2.57. The van der Waals surface area contributed by atoms with Crippen LogP contribution in [0.1, 0.15) is 19.3 Å². The second-order valence-corrected chi connectivity index (χ2v) is 3.80. The number of ether oxygens (including phenoxy) is 1. The van der Waals surface area contributed by atoms with Crippen molar-refractivity contribution in [3.63, 3.8) is 0 Å². The van der Waals surface area contributed by atoms with Gasteiger partial charge in [-0.05, 0) is 25.8 Å². The third kappa shape index (κ3) is 1.63. The topological polar surface area (TPSA) is 41.5 Å². The van der Waals surface area contributed by atoms with Crippen molar-refractivity contribution in [2.75, 3.05) is 19.8 Å². The third-order valence-corrected chi connectivity index (χ3v) is 2.98. The zero-order valence-electron chi connectivity index (χ0n) is 7.33. The molecule has 2 aliphatic rings. The molecule has 0 aliphatic carbocycles. The van der Waals surface area contributed by atoms with E-state index in [0.29, 0.717) is 12.0 Å². The number of hydrogen-bond acceptors (Lipinski definition) is 3. The van der Waals surface area contributed by atoms with Gasteiger partial charge in [0.15, 0.2) is 0 Å². The Morgan fingerprint density at radius 3 is 2.92 bits per heavy atom. The molecule has 2 N–H and O–H groups in total. The van der Waals surface area contributed by atoms with Crippen LogP contribution in [0.2, 0.25) is 0 Å². The molecule has 3 heteroatoms. The number of hydrogen-bond donors (Lipinski definition) is 2. The van der Waals surface area contributed by atoms with Gasteiger partial charge in [0, 0.05) is 18.6 Å². The van der Waals surface area contributed by atoms with Gasteiger partial charge in [-0.1, -0.05) is 0 Å². The molecular weight excluding hydrogens is 154 g/mol. The van der Waals surface area contributed by atoms with Gasteiger partial charge in [-0.2, -0.15) is 0 Å². The first-order valence-corrected chi connectivity index (χ1v) is 4.87. The molecule has 0 amide bonds. The molecule has 0 bridgehead atoms. The van der Waals surface area contributed by atoms with Crippen molar-refractivity contribution in [3.8, 4) is 0 Å².